The third kappa shape index (κ3) is 3.06. The molecule has 7 heteroatoms. The molecule has 0 aliphatic heterocycles. The molecule has 2 aromatic rings. The van der Waals surface area contributed by atoms with Crippen LogP contribution in [0.15, 0.2) is 41.6 Å². The van der Waals surface area contributed by atoms with E-state index in [1.165, 1.54) is 6.20 Å². The molecular formula is C13H17N3O3S. The van der Waals surface area contributed by atoms with Gasteiger partial charge in [0.1, 0.15) is 5.82 Å². The van der Waals surface area contributed by atoms with Gasteiger partial charge in [-0.25, -0.2) is 13.4 Å². The average molecular weight is 295 g/mol. The average Bonchev–Trinajstić information content (AvgIpc) is 2.78. The Morgan fingerprint density at radius 2 is 2.00 bits per heavy atom. The maximum Gasteiger partial charge on any atom is 0.260 e. The minimum atomic E-state index is -3.76. The summed E-state index contributed by atoms with van der Waals surface area (Å²) in [4.78, 5) is 3.99. The van der Waals surface area contributed by atoms with Crippen LogP contribution in [0.5, 0.6) is 0 Å². The summed E-state index contributed by atoms with van der Waals surface area (Å²) >= 11 is 0. The fourth-order valence-corrected chi connectivity index (χ4v) is 3.05. The van der Waals surface area contributed by atoms with Gasteiger partial charge in [0.25, 0.3) is 10.0 Å². The Labute approximate surface area is 118 Å². The molecule has 0 fully saturated rings. The summed E-state index contributed by atoms with van der Waals surface area (Å²) in [6, 6.07) is 8.23. The van der Waals surface area contributed by atoms with Crippen LogP contribution >= 0.6 is 0 Å². The van der Waals surface area contributed by atoms with Gasteiger partial charge in [-0.2, -0.15) is 4.72 Å². The number of nitrogens with zero attached hydrogens (tertiary/aromatic N) is 2. The van der Waals surface area contributed by atoms with Crippen LogP contribution in [0, 0.1) is 6.92 Å². The fourth-order valence-electron chi connectivity index (χ4n) is 1.80. The minimum absolute atomic E-state index is 0.0492. The van der Waals surface area contributed by atoms with Crippen molar-refractivity contribution in [2.75, 3.05) is 6.61 Å². The van der Waals surface area contributed by atoms with Crippen LogP contribution in [0.3, 0.4) is 0 Å². The highest BCUT2D eigenvalue weighted by molar-refractivity contribution is 7.89. The lowest BCUT2D eigenvalue weighted by Gasteiger charge is -2.15. The number of hydrogen-bond donors (Lipinski definition) is 2. The maximum atomic E-state index is 12.2. The van der Waals surface area contributed by atoms with Crippen molar-refractivity contribution in [2.24, 2.45) is 7.05 Å². The maximum absolute atomic E-state index is 12.2. The van der Waals surface area contributed by atoms with Crippen molar-refractivity contribution in [3.8, 4) is 0 Å². The second-order valence-corrected chi connectivity index (χ2v) is 6.17. The van der Waals surface area contributed by atoms with E-state index >= 15 is 0 Å². The molecule has 1 atom stereocenters. The van der Waals surface area contributed by atoms with Crippen molar-refractivity contribution in [1.29, 1.82) is 0 Å². The first-order chi connectivity index (χ1) is 9.44. The van der Waals surface area contributed by atoms with Gasteiger partial charge in [0, 0.05) is 13.2 Å². The van der Waals surface area contributed by atoms with Crippen molar-refractivity contribution in [3.05, 3.63) is 47.9 Å². The minimum Gasteiger partial charge on any atom is -0.394 e. The van der Waals surface area contributed by atoms with E-state index in [0.29, 0.717) is 11.4 Å². The lowest BCUT2D eigenvalue weighted by atomic mass is 10.1. The van der Waals surface area contributed by atoms with Crippen molar-refractivity contribution < 1.29 is 13.5 Å². The number of aliphatic hydroxyl groups excluding tert-OH is 1. The molecule has 1 aromatic carbocycles. The van der Waals surface area contributed by atoms with Crippen LogP contribution in [0.2, 0.25) is 0 Å². The van der Waals surface area contributed by atoms with Gasteiger partial charge < -0.3 is 9.67 Å². The summed E-state index contributed by atoms with van der Waals surface area (Å²) in [7, 11) is -2.04. The van der Waals surface area contributed by atoms with Crippen LogP contribution in [-0.2, 0) is 17.1 Å². The van der Waals surface area contributed by atoms with Crippen molar-refractivity contribution >= 4 is 10.0 Å². The largest absolute Gasteiger partial charge is 0.394 e. The Morgan fingerprint density at radius 3 is 2.50 bits per heavy atom. The molecule has 1 heterocycles. The van der Waals surface area contributed by atoms with Crippen LogP contribution in [-0.4, -0.2) is 29.7 Å². The molecule has 0 unspecified atom stereocenters. The summed E-state index contributed by atoms with van der Waals surface area (Å²) < 4.78 is 28.6. The molecule has 0 saturated carbocycles. The number of nitrogens with one attached hydrogen (secondary N) is 1. The van der Waals surface area contributed by atoms with Gasteiger partial charge in [0.05, 0.1) is 12.6 Å². The molecule has 0 amide bonds. The predicted octanol–water partition coefficient (Wildman–Crippen LogP) is 0.740. The lowest BCUT2D eigenvalue weighted by Crippen LogP contribution is -2.31. The van der Waals surface area contributed by atoms with E-state index in [9.17, 15) is 13.5 Å². The van der Waals surface area contributed by atoms with Crippen LogP contribution in [0.25, 0.3) is 0 Å². The van der Waals surface area contributed by atoms with Crippen LogP contribution < -0.4 is 4.72 Å². The quantitative estimate of drug-likeness (QED) is 0.852. The summed E-state index contributed by atoms with van der Waals surface area (Å²) in [5, 5.41) is 9.35. The highest BCUT2D eigenvalue weighted by Crippen LogP contribution is 2.16. The van der Waals surface area contributed by atoms with E-state index in [1.807, 2.05) is 6.07 Å². The molecule has 0 aliphatic carbocycles. The highest BCUT2D eigenvalue weighted by Gasteiger charge is 2.23. The first-order valence-corrected chi connectivity index (χ1v) is 7.60. The summed E-state index contributed by atoms with van der Waals surface area (Å²) in [5.74, 6) is 0.602. The summed E-state index contributed by atoms with van der Waals surface area (Å²) in [5.41, 5.74) is 0.700. The van der Waals surface area contributed by atoms with Crippen LogP contribution in [0.4, 0.5) is 0 Å². The summed E-state index contributed by atoms with van der Waals surface area (Å²) in [6.07, 6.45) is 1.44. The second-order valence-electron chi connectivity index (χ2n) is 4.50. The van der Waals surface area contributed by atoms with E-state index in [0.717, 1.165) is 0 Å². The van der Waals surface area contributed by atoms with E-state index in [-0.39, 0.29) is 11.6 Å². The molecule has 0 saturated heterocycles. The molecule has 2 N–H and O–H groups in total. The Bertz CT molecular complexity index is 661. The highest BCUT2D eigenvalue weighted by atomic mass is 32.2. The van der Waals surface area contributed by atoms with Gasteiger partial charge in [-0.15, -0.1) is 0 Å². The van der Waals surface area contributed by atoms with Crippen molar-refractivity contribution in [2.45, 2.75) is 18.0 Å². The van der Waals surface area contributed by atoms with E-state index in [1.54, 1.807) is 42.8 Å². The lowest BCUT2D eigenvalue weighted by molar-refractivity contribution is 0.259. The van der Waals surface area contributed by atoms with Crippen molar-refractivity contribution in [3.63, 3.8) is 0 Å². The fraction of sp³-hybridized carbons (Fsp3) is 0.308. The number of aryl methyl sites for hydroxylation is 2. The molecule has 0 bridgehead atoms. The molecule has 6 nitrogen and oxygen atoms in total. The number of imidazole rings is 1. The molecular weight excluding hydrogens is 278 g/mol. The molecule has 1 aromatic heterocycles. The van der Waals surface area contributed by atoms with E-state index in [4.69, 9.17) is 0 Å². The van der Waals surface area contributed by atoms with Gasteiger partial charge >= 0.3 is 0 Å². The zero-order valence-electron chi connectivity index (χ0n) is 11.3. The monoisotopic (exact) mass is 295 g/mol. The third-order valence-electron chi connectivity index (χ3n) is 3.04. The summed E-state index contributed by atoms with van der Waals surface area (Å²) in [6.45, 7) is 1.40. The smallest absolute Gasteiger partial charge is 0.260 e. The topological polar surface area (TPSA) is 84.2 Å². The third-order valence-corrected chi connectivity index (χ3v) is 4.39. The number of aliphatic hydroxyl groups is 1. The molecule has 0 aliphatic rings. The SMILES string of the molecule is Cc1nc(S(=O)(=O)N[C@H](CO)c2ccccc2)cn1C. The molecule has 2 rings (SSSR count). The van der Waals surface area contributed by atoms with E-state index in [2.05, 4.69) is 9.71 Å². The number of sulfonamides is 1. The predicted molar refractivity (Wildman–Crippen MR) is 74.5 cm³/mol. The zero-order chi connectivity index (χ0) is 14.8. The van der Waals surface area contributed by atoms with Gasteiger partial charge in [-0.3, -0.25) is 0 Å². The Hall–Kier alpha value is -1.70. The number of hydrogen-bond acceptors (Lipinski definition) is 4. The van der Waals surface area contributed by atoms with Crippen LogP contribution in [0.1, 0.15) is 17.4 Å². The number of aromatic nitrogens is 2. The number of rotatable bonds is 5. The Kier molecular flexibility index (Phi) is 4.22. The number of benzene rings is 1. The Morgan fingerprint density at radius 1 is 1.35 bits per heavy atom. The van der Waals surface area contributed by atoms with Gasteiger partial charge in [0.15, 0.2) is 5.03 Å². The first-order valence-electron chi connectivity index (χ1n) is 6.12. The first kappa shape index (κ1) is 14.7. The second kappa shape index (κ2) is 5.74. The molecule has 0 spiro atoms. The standard InChI is InChI=1S/C13H17N3O3S/c1-10-14-13(8-16(10)2)20(18,19)15-12(9-17)11-6-4-3-5-7-11/h3-8,12,15,17H,9H2,1-2H3/t12-/m1/s1. The molecule has 108 valence electrons. The van der Waals surface area contributed by atoms with Gasteiger partial charge in [0.2, 0.25) is 0 Å². The normalized spacial score (nSPS) is 13.3. The molecule has 0 radical (unpaired) electrons. The molecule has 20 heavy (non-hydrogen) atoms. The van der Waals surface area contributed by atoms with Gasteiger partial charge in [-0.05, 0) is 12.5 Å². The zero-order valence-corrected chi connectivity index (χ0v) is 12.1. The van der Waals surface area contributed by atoms with Gasteiger partial charge in [-0.1, -0.05) is 30.3 Å². The van der Waals surface area contributed by atoms with Crippen molar-refractivity contribution in [1.82, 2.24) is 14.3 Å². The Balaban J connectivity index is 2.27. The van der Waals surface area contributed by atoms with E-state index < -0.39 is 16.1 Å².